The first-order valence-electron chi connectivity index (χ1n) is 11.3. The van der Waals surface area contributed by atoms with E-state index >= 15 is 0 Å². The van der Waals surface area contributed by atoms with Gasteiger partial charge in [-0.05, 0) is 80.7 Å². The standard InChI is InChI=1S/C23H27FN6O3/c1-15-12-23(22(32)30(15)20-13-33-21(31)16(20)2)6-9-28(10-7-23)8-5-17-3-4-18(11-19(17)24)29-14-25-26-27-29/h3-4,11,14-15H,5-10,12-13H2,1-2H3. The summed E-state index contributed by atoms with van der Waals surface area (Å²) in [7, 11) is 0. The summed E-state index contributed by atoms with van der Waals surface area (Å²) in [5.41, 5.74) is 2.11. The number of carbonyl (C=O) groups is 2. The van der Waals surface area contributed by atoms with Crippen molar-refractivity contribution in [1.29, 1.82) is 0 Å². The van der Waals surface area contributed by atoms with E-state index in [0.29, 0.717) is 23.2 Å². The third kappa shape index (κ3) is 3.82. The lowest BCUT2D eigenvalue weighted by molar-refractivity contribution is -0.139. The second kappa shape index (κ2) is 8.33. The average Bonchev–Trinajstić information content (AvgIpc) is 3.50. The summed E-state index contributed by atoms with van der Waals surface area (Å²) in [5.74, 6) is -0.491. The molecule has 10 heteroatoms. The maximum atomic E-state index is 14.6. The zero-order valence-electron chi connectivity index (χ0n) is 18.8. The molecule has 1 unspecified atom stereocenters. The molecule has 0 bridgehead atoms. The zero-order valence-corrected chi connectivity index (χ0v) is 18.8. The van der Waals surface area contributed by atoms with Gasteiger partial charge in [-0.3, -0.25) is 4.79 Å². The first-order chi connectivity index (χ1) is 15.9. The Bertz CT molecular complexity index is 1110. The lowest BCUT2D eigenvalue weighted by Gasteiger charge is -2.38. The van der Waals surface area contributed by atoms with E-state index in [1.807, 2.05) is 6.92 Å². The number of ether oxygens (including phenoxy) is 1. The third-order valence-corrected chi connectivity index (χ3v) is 7.33. The second-order valence-electron chi connectivity index (χ2n) is 9.28. The predicted molar refractivity (Wildman–Crippen MR) is 116 cm³/mol. The number of aromatic nitrogens is 4. The molecule has 2 aromatic rings. The number of rotatable bonds is 5. The van der Waals surface area contributed by atoms with E-state index < -0.39 is 0 Å². The largest absolute Gasteiger partial charge is 0.456 e. The molecule has 3 aliphatic heterocycles. The second-order valence-corrected chi connectivity index (χ2v) is 9.28. The van der Waals surface area contributed by atoms with Crippen molar-refractivity contribution in [3.63, 3.8) is 0 Å². The molecule has 0 saturated carbocycles. The Labute approximate surface area is 191 Å². The summed E-state index contributed by atoms with van der Waals surface area (Å²) in [6.45, 7) is 6.28. The van der Waals surface area contributed by atoms with Crippen LogP contribution in [0.15, 0.2) is 35.8 Å². The van der Waals surface area contributed by atoms with E-state index in [1.54, 1.807) is 24.0 Å². The van der Waals surface area contributed by atoms with Gasteiger partial charge in [0.2, 0.25) is 5.91 Å². The van der Waals surface area contributed by atoms with E-state index in [1.165, 1.54) is 17.1 Å². The highest BCUT2D eigenvalue weighted by Crippen LogP contribution is 2.46. The molecule has 4 heterocycles. The number of carbonyl (C=O) groups excluding carboxylic acids is 2. The third-order valence-electron chi connectivity index (χ3n) is 7.33. The highest BCUT2D eigenvalue weighted by Gasteiger charge is 2.53. The number of cyclic esters (lactones) is 1. The maximum Gasteiger partial charge on any atom is 0.336 e. The van der Waals surface area contributed by atoms with Crippen LogP contribution in [0.3, 0.4) is 0 Å². The number of hydrogen-bond donors (Lipinski definition) is 0. The molecule has 1 spiro atoms. The monoisotopic (exact) mass is 454 g/mol. The fourth-order valence-electron chi connectivity index (χ4n) is 5.37. The number of tetrazole rings is 1. The summed E-state index contributed by atoms with van der Waals surface area (Å²) in [6, 6.07) is 5.08. The molecule has 1 atom stereocenters. The Morgan fingerprint density at radius 3 is 2.67 bits per heavy atom. The van der Waals surface area contributed by atoms with Gasteiger partial charge in [-0.15, -0.1) is 5.10 Å². The van der Waals surface area contributed by atoms with Gasteiger partial charge in [0.05, 0.1) is 22.4 Å². The molecule has 2 fully saturated rings. The molecular formula is C23H27FN6O3. The minimum absolute atomic E-state index is 0.0521. The minimum Gasteiger partial charge on any atom is -0.456 e. The van der Waals surface area contributed by atoms with E-state index in [-0.39, 0.29) is 35.8 Å². The summed E-state index contributed by atoms with van der Waals surface area (Å²) < 4.78 is 21.1. The number of likely N-dealkylation sites (tertiary alicyclic amines) is 2. The van der Waals surface area contributed by atoms with Crippen molar-refractivity contribution < 1.29 is 18.7 Å². The predicted octanol–water partition coefficient (Wildman–Crippen LogP) is 1.88. The fourth-order valence-corrected chi connectivity index (χ4v) is 5.37. The molecule has 3 aliphatic rings. The summed E-state index contributed by atoms with van der Waals surface area (Å²) >= 11 is 0. The van der Waals surface area contributed by atoms with E-state index in [4.69, 9.17) is 4.74 Å². The number of amides is 1. The zero-order chi connectivity index (χ0) is 23.2. The van der Waals surface area contributed by atoms with Crippen molar-refractivity contribution >= 4 is 11.9 Å². The Morgan fingerprint density at radius 2 is 2.03 bits per heavy atom. The molecule has 1 aromatic carbocycles. The number of nitrogens with zero attached hydrogens (tertiary/aromatic N) is 6. The maximum absolute atomic E-state index is 14.6. The molecule has 1 aromatic heterocycles. The number of halogens is 1. The van der Waals surface area contributed by atoms with Crippen molar-refractivity contribution in [2.24, 2.45) is 5.41 Å². The van der Waals surface area contributed by atoms with Crippen LogP contribution in [0.5, 0.6) is 0 Å². The van der Waals surface area contributed by atoms with Gasteiger partial charge in [-0.25, -0.2) is 13.9 Å². The molecule has 1 amide bonds. The molecule has 5 rings (SSSR count). The number of piperidine rings is 1. The molecule has 9 nitrogen and oxygen atoms in total. The van der Waals surface area contributed by atoms with Crippen LogP contribution in [0.2, 0.25) is 0 Å². The molecule has 33 heavy (non-hydrogen) atoms. The van der Waals surface area contributed by atoms with Crippen LogP contribution < -0.4 is 0 Å². The molecular weight excluding hydrogens is 427 g/mol. The topological polar surface area (TPSA) is 93.5 Å². The van der Waals surface area contributed by atoms with Gasteiger partial charge in [0.15, 0.2) is 0 Å². The van der Waals surface area contributed by atoms with Crippen molar-refractivity contribution in [3.05, 3.63) is 47.2 Å². The Hall–Kier alpha value is -3.14. The Morgan fingerprint density at radius 1 is 1.24 bits per heavy atom. The smallest absolute Gasteiger partial charge is 0.336 e. The Balaban J connectivity index is 1.20. The highest BCUT2D eigenvalue weighted by molar-refractivity contribution is 5.94. The van der Waals surface area contributed by atoms with Crippen molar-refractivity contribution in [2.75, 3.05) is 26.2 Å². The number of esters is 1. The van der Waals surface area contributed by atoms with Gasteiger partial charge >= 0.3 is 5.97 Å². The van der Waals surface area contributed by atoms with Crippen LogP contribution in [-0.2, 0) is 20.7 Å². The normalized spacial score (nSPS) is 23.1. The van der Waals surface area contributed by atoms with Crippen LogP contribution in [-0.4, -0.2) is 74.2 Å². The first-order valence-corrected chi connectivity index (χ1v) is 11.3. The number of benzene rings is 1. The van der Waals surface area contributed by atoms with Gasteiger partial charge in [0.25, 0.3) is 0 Å². The molecule has 174 valence electrons. The van der Waals surface area contributed by atoms with E-state index in [9.17, 15) is 14.0 Å². The molecule has 2 saturated heterocycles. The highest BCUT2D eigenvalue weighted by atomic mass is 19.1. The van der Waals surface area contributed by atoms with Crippen LogP contribution in [0.1, 0.15) is 38.7 Å². The van der Waals surface area contributed by atoms with Crippen molar-refractivity contribution in [1.82, 2.24) is 30.0 Å². The van der Waals surface area contributed by atoms with Crippen molar-refractivity contribution in [2.45, 2.75) is 45.6 Å². The van der Waals surface area contributed by atoms with Crippen LogP contribution >= 0.6 is 0 Å². The van der Waals surface area contributed by atoms with E-state index in [0.717, 1.165) is 44.6 Å². The fraction of sp³-hybridized carbons (Fsp3) is 0.522. The molecule has 0 aliphatic carbocycles. The lowest BCUT2D eigenvalue weighted by Crippen LogP contribution is -2.45. The van der Waals surface area contributed by atoms with Gasteiger partial charge < -0.3 is 14.5 Å². The SMILES string of the molecule is CC1=C(N2C(=O)C3(CCN(CCc4ccc(-n5cnnn5)cc4F)CC3)CC2C)COC1=O. The van der Waals surface area contributed by atoms with E-state index in [2.05, 4.69) is 20.4 Å². The van der Waals surface area contributed by atoms with Gasteiger partial charge in [-0.1, -0.05) is 6.07 Å². The van der Waals surface area contributed by atoms with Crippen molar-refractivity contribution in [3.8, 4) is 5.69 Å². The minimum atomic E-state index is -0.381. The average molecular weight is 455 g/mol. The molecule has 0 radical (unpaired) electrons. The van der Waals surface area contributed by atoms with Crippen LogP contribution in [0.25, 0.3) is 5.69 Å². The van der Waals surface area contributed by atoms with Crippen LogP contribution in [0, 0.1) is 11.2 Å². The summed E-state index contributed by atoms with van der Waals surface area (Å²) in [4.78, 5) is 29.3. The summed E-state index contributed by atoms with van der Waals surface area (Å²) in [5, 5.41) is 10.9. The Kier molecular flexibility index (Phi) is 5.48. The van der Waals surface area contributed by atoms with Gasteiger partial charge in [0, 0.05) is 12.6 Å². The number of hydrogen-bond acceptors (Lipinski definition) is 7. The quantitative estimate of drug-likeness (QED) is 0.637. The van der Waals surface area contributed by atoms with Crippen LogP contribution in [0.4, 0.5) is 4.39 Å². The first kappa shape index (κ1) is 21.7. The lowest BCUT2D eigenvalue weighted by atomic mass is 9.76. The van der Waals surface area contributed by atoms with Gasteiger partial charge in [0.1, 0.15) is 18.8 Å². The summed E-state index contributed by atoms with van der Waals surface area (Å²) in [6.07, 6.45) is 4.36. The van der Waals surface area contributed by atoms with Gasteiger partial charge in [-0.2, -0.15) is 0 Å². The molecule has 0 N–H and O–H groups in total.